The summed E-state index contributed by atoms with van der Waals surface area (Å²) in [5, 5.41) is 6.47. The summed E-state index contributed by atoms with van der Waals surface area (Å²) in [6, 6.07) is 61.4. The van der Waals surface area contributed by atoms with Crippen molar-refractivity contribution in [1.29, 1.82) is 0 Å². The van der Waals surface area contributed by atoms with Crippen molar-refractivity contribution in [1.82, 2.24) is 15.0 Å². The lowest BCUT2D eigenvalue weighted by molar-refractivity contribution is 0.673. The summed E-state index contributed by atoms with van der Waals surface area (Å²) in [7, 11) is 0. The predicted octanol–water partition coefficient (Wildman–Crippen LogP) is 13.6. The van der Waals surface area contributed by atoms with Crippen molar-refractivity contribution in [2.24, 2.45) is 0 Å². The Bertz CT molecular complexity index is 3220. The van der Waals surface area contributed by atoms with Gasteiger partial charge in [-0.25, -0.2) is 15.0 Å². The van der Waals surface area contributed by atoms with Gasteiger partial charge in [-0.15, -0.1) is 11.3 Å². The first kappa shape index (κ1) is 30.7. The van der Waals surface area contributed by atoms with Gasteiger partial charge in [0.05, 0.1) is 0 Å². The van der Waals surface area contributed by atoms with E-state index in [-0.39, 0.29) is 0 Å². The largest absolute Gasteiger partial charge is 0.455 e. The molecule has 0 fully saturated rings. The summed E-state index contributed by atoms with van der Waals surface area (Å²) in [5.41, 5.74) is 9.03. The Morgan fingerprint density at radius 1 is 0.352 bits per heavy atom. The Hall–Kier alpha value is -6.95. The minimum Gasteiger partial charge on any atom is -0.455 e. The highest BCUT2D eigenvalue weighted by atomic mass is 32.1. The second kappa shape index (κ2) is 12.3. The Kier molecular flexibility index (Phi) is 7.00. The molecule has 0 aliphatic heterocycles. The normalized spacial score (nSPS) is 11.7. The fraction of sp³-hybridized carbons (Fsp3) is 0. The van der Waals surface area contributed by atoms with Crippen molar-refractivity contribution in [2.75, 3.05) is 0 Å². The molecule has 3 heterocycles. The lowest BCUT2D eigenvalue weighted by Crippen LogP contribution is -2.02. The number of aromatic nitrogens is 3. The van der Waals surface area contributed by atoms with E-state index in [2.05, 4.69) is 164 Å². The Morgan fingerprint density at radius 3 is 1.74 bits per heavy atom. The number of rotatable bonds is 5. The van der Waals surface area contributed by atoms with Crippen LogP contribution in [0.1, 0.15) is 0 Å². The number of hydrogen-bond acceptors (Lipinski definition) is 5. The maximum atomic E-state index is 6.63. The van der Waals surface area contributed by atoms with Crippen LogP contribution in [0.4, 0.5) is 0 Å². The number of thiophene rings is 1. The van der Waals surface area contributed by atoms with Crippen LogP contribution in [0.15, 0.2) is 180 Å². The van der Waals surface area contributed by atoms with E-state index in [1.807, 2.05) is 12.1 Å². The third-order valence-corrected chi connectivity index (χ3v) is 11.5. The van der Waals surface area contributed by atoms with Gasteiger partial charge < -0.3 is 4.42 Å². The van der Waals surface area contributed by atoms with Crippen molar-refractivity contribution >= 4 is 64.2 Å². The molecule has 0 bridgehead atoms. The molecule has 4 nitrogen and oxygen atoms in total. The summed E-state index contributed by atoms with van der Waals surface area (Å²) in [4.78, 5) is 16.0. The fourth-order valence-electron chi connectivity index (χ4n) is 7.84. The SMILES string of the molecule is c1ccc(-c2ccc3oc4c5ccccc5c(-c5nc(-c6ccccc6-c6ccccc6)nc(-c6cccc7sc8ccccc8c67)n5)cc4c3c2)cc1. The highest BCUT2D eigenvalue weighted by Gasteiger charge is 2.22. The molecular formula is C49H29N3OS. The molecule has 3 aromatic heterocycles. The zero-order chi connectivity index (χ0) is 35.6. The summed E-state index contributed by atoms with van der Waals surface area (Å²) >= 11 is 1.79. The third kappa shape index (κ3) is 4.94. The molecule has 11 rings (SSSR count). The first-order chi connectivity index (χ1) is 26.8. The van der Waals surface area contributed by atoms with Crippen LogP contribution < -0.4 is 0 Å². The lowest BCUT2D eigenvalue weighted by Gasteiger charge is -2.13. The van der Waals surface area contributed by atoms with Gasteiger partial charge in [-0.2, -0.15) is 0 Å². The van der Waals surface area contributed by atoms with Crippen LogP contribution >= 0.6 is 11.3 Å². The minimum atomic E-state index is 0.612. The van der Waals surface area contributed by atoms with Crippen LogP contribution in [0, 0.1) is 0 Å². The van der Waals surface area contributed by atoms with Gasteiger partial charge in [0.2, 0.25) is 0 Å². The molecule has 0 aliphatic carbocycles. The van der Waals surface area contributed by atoms with Crippen molar-refractivity contribution in [3.63, 3.8) is 0 Å². The molecule has 0 saturated carbocycles. The average Bonchev–Trinajstić information content (AvgIpc) is 3.82. The average molecular weight is 708 g/mol. The third-order valence-electron chi connectivity index (χ3n) is 10.4. The number of hydrogen-bond donors (Lipinski definition) is 0. The van der Waals surface area contributed by atoms with Crippen molar-refractivity contribution in [2.45, 2.75) is 0 Å². The van der Waals surface area contributed by atoms with Gasteiger partial charge in [0, 0.05) is 53.0 Å². The summed E-state index contributed by atoms with van der Waals surface area (Å²) in [6.07, 6.45) is 0. The number of nitrogens with zero attached hydrogens (tertiary/aromatic N) is 3. The number of furan rings is 1. The molecular weight excluding hydrogens is 679 g/mol. The molecule has 0 atom stereocenters. The molecule has 11 aromatic rings. The van der Waals surface area contributed by atoms with Gasteiger partial charge in [-0.3, -0.25) is 0 Å². The molecule has 0 saturated heterocycles. The van der Waals surface area contributed by atoms with E-state index in [4.69, 9.17) is 19.4 Å². The molecule has 5 heteroatoms. The summed E-state index contributed by atoms with van der Waals surface area (Å²) in [6.45, 7) is 0. The Morgan fingerprint density at radius 2 is 0.944 bits per heavy atom. The molecule has 0 radical (unpaired) electrons. The maximum absolute atomic E-state index is 6.63. The van der Waals surface area contributed by atoms with Crippen LogP contribution in [0.25, 0.3) is 109 Å². The van der Waals surface area contributed by atoms with Crippen LogP contribution in [0.3, 0.4) is 0 Å². The summed E-state index contributed by atoms with van der Waals surface area (Å²) < 4.78 is 9.07. The van der Waals surface area contributed by atoms with Gasteiger partial charge in [-0.1, -0.05) is 146 Å². The van der Waals surface area contributed by atoms with Crippen LogP contribution in [0.5, 0.6) is 0 Å². The second-order valence-electron chi connectivity index (χ2n) is 13.5. The first-order valence-corrected chi connectivity index (χ1v) is 18.8. The Balaban J connectivity index is 1.22. The number of fused-ring (bicyclic) bond motifs is 8. The lowest BCUT2D eigenvalue weighted by atomic mass is 9.97. The minimum absolute atomic E-state index is 0.612. The zero-order valence-corrected chi connectivity index (χ0v) is 29.7. The fourth-order valence-corrected chi connectivity index (χ4v) is 8.97. The van der Waals surface area contributed by atoms with Gasteiger partial charge in [0.25, 0.3) is 0 Å². The van der Waals surface area contributed by atoms with E-state index in [9.17, 15) is 0 Å². The van der Waals surface area contributed by atoms with Crippen LogP contribution in [0.2, 0.25) is 0 Å². The second-order valence-corrected chi connectivity index (χ2v) is 14.6. The molecule has 0 N–H and O–H groups in total. The molecule has 0 amide bonds. The van der Waals surface area contributed by atoms with Crippen LogP contribution in [-0.4, -0.2) is 15.0 Å². The van der Waals surface area contributed by atoms with Crippen LogP contribution in [-0.2, 0) is 0 Å². The van der Waals surface area contributed by atoms with E-state index >= 15 is 0 Å². The maximum Gasteiger partial charge on any atom is 0.164 e. The van der Waals surface area contributed by atoms with E-state index in [0.717, 1.165) is 77.0 Å². The van der Waals surface area contributed by atoms with E-state index in [1.54, 1.807) is 11.3 Å². The monoisotopic (exact) mass is 707 g/mol. The molecule has 0 aliphatic rings. The van der Waals surface area contributed by atoms with E-state index in [0.29, 0.717) is 17.5 Å². The summed E-state index contributed by atoms with van der Waals surface area (Å²) in [5.74, 6) is 1.87. The molecule has 0 spiro atoms. The van der Waals surface area contributed by atoms with Gasteiger partial charge in [0.1, 0.15) is 11.2 Å². The van der Waals surface area contributed by atoms with Crippen molar-refractivity contribution in [3.8, 4) is 56.4 Å². The smallest absolute Gasteiger partial charge is 0.164 e. The van der Waals surface area contributed by atoms with Gasteiger partial charge in [0.15, 0.2) is 17.5 Å². The molecule has 252 valence electrons. The highest BCUT2D eigenvalue weighted by Crippen LogP contribution is 2.43. The molecule has 54 heavy (non-hydrogen) atoms. The van der Waals surface area contributed by atoms with Gasteiger partial charge in [-0.05, 0) is 58.0 Å². The van der Waals surface area contributed by atoms with Crippen molar-refractivity contribution in [3.05, 3.63) is 176 Å². The topological polar surface area (TPSA) is 51.8 Å². The molecule has 8 aromatic carbocycles. The quantitative estimate of drug-likeness (QED) is 0.179. The van der Waals surface area contributed by atoms with E-state index in [1.165, 1.54) is 14.8 Å². The first-order valence-electron chi connectivity index (χ1n) is 18.0. The highest BCUT2D eigenvalue weighted by molar-refractivity contribution is 7.25. The zero-order valence-electron chi connectivity index (χ0n) is 28.9. The molecule has 0 unspecified atom stereocenters. The van der Waals surface area contributed by atoms with E-state index < -0.39 is 0 Å². The van der Waals surface area contributed by atoms with Crippen molar-refractivity contribution < 1.29 is 4.42 Å². The Labute approximate surface area is 314 Å². The predicted molar refractivity (Wildman–Crippen MR) is 225 cm³/mol. The standard InChI is InChI=1S/C49H29N3OS/c1-3-14-30(15-4-1)32-26-27-42-39(28-32)40-29-41(34-19-8-9-20-35(34)46(40)53-42)49-51-47(36-21-10-7-18-33(36)31-16-5-2-6-17-31)50-48(52-49)38-23-13-25-44-45(38)37-22-11-12-24-43(37)54-44/h1-29H. The number of benzene rings is 8. The van der Waals surface area contributed by atoms with Gasteiger partial charge >= 0.3 is 0 Å².